The van der Waals surface area contributed by atoms with E-state index < -0.39 is 10.8 Å². The average molecular weight is 296 g/mol. The normalized spacial score (nSPS) is 29.6. The summed E-state index contributed by atoms with van der Waals surface area (Å²) in [5, 5.41) is 3.67. The van der Waals surface area contributed by atoms with Gasteiger partial charge < -0.3 is 9.73 Å². The number of hydrogen-bond donors (Lipinski definition) is 1. The highest BCUT2D eigenvalue weighted by Crippen LogP contribution is 2.25. The summed E-state index contributed by atoms with van der Waals surface area (Å²) in [4.78, 5) is 2.52. The van der Waals surface area contributed by atoms with Gasteiger partial charge in [0, 0.05) is 34.9 Å². The lowest BCUT2D eigenvalue weighted by molar-refractivity contribution is 0.203. The van der Waals surface area contributed by atoms with Crippen LogP contribution >= 0.6 is 0 Å². The van der Waals surface area contributed by atoms with E-state index in [9.17, 15) is 4.21 Å². The van der Waals surface area contributed by atoms with E-state index >= 15 is 0 Å². The van der Waals surface area contributed by atoms with E-state index in [1.807, 2.05) is 6.07 Å². The molecular weight excluding hydrogens is 272 g/mol. The summed E-state index contributed by atoms with van der Waals surface area (Å²) in [5.41, 5.74) is 0. The Morgan fingerprint density at radius 1 is 1.35 bits per heavy atom. The molecule has 3 rings (SSSR count). The number of hydrogen-bond acceptors (Lipinski definition) is 4. The average Bonchev–Trinajstić information content (AvgIpc) is 3.14. The fraction of sp³-hybridized carbons (Fsp3) is 0.733. The molecule has 0 bridgehead atoms. The van der Waals surface area contributed by atoms with Crippen molar-refractivity contribution >= 4 is 10.8 Å². The molecule has 1 aromatic heterocycles. The Hall–Kier alpha value is -0.650. The summed E-state index contributed by atoms with van der Waals surface area (Å²) in [6, 6.07) is 4.93. The van der Waals surface area contributed by atoms with Gasteiger partial charge in [-0.1, -0.05) is 0 Å². The second kappa shape index (κ2) is 6.87. The van der Waals surface area contributed by atoms with Crippen LogP contribution in [0.5, 0.6) is 0 Å². The summed E-state index contributed by atoms with van der Waals surface area (Å²) < 4.78 is 17.0. The van der Waals surface area contributed by atoms with Crippen LogP contribution in [0.4, 0.5) is 0 Å². The van der Waals surface area contributed by atoms with Crippen LogP contribution in [0.25, 0.3) is 0 Å². The lowest BCUT2D eigenvalue weighted by Crippen LogP contribution is -2.41. The summed E-state index contributed by atoms with van der Waals surface area (Å²) in [6.45, 7) is 3.27. The van der Waals surface area contributed by atoms with Gasteiger partial charge in [-0.2, -0.15) is 0 Å². The van der Waals surface area contributed by atoms with Gasteiger partial charge in [0.15, 0.2) is 0 Å². The van der Waals surface area contributed by atoms with E-state index in [4.69, 9.17) is 4.42 Å². The topological polar surface area (TPSA) is 45.5 Å². The molecule has 1 unspecified atom stereocenters. The maximum atomic E-state index is 11.4. The highest BCUT2D eigenvalue weighted by atomic mass is 32.2. The molecule has 2 aliphatic rings. The van der Waals surface area contributed by atoms with Crippen molar-refractivity contribution in [2.75, 3.05) is 31.1 Å². The Balaban J connectivity index is 1.57. The van der Waals surface area contributed by atoms with Crippen LogP contribution in [-0.4, -0.2) is 46.3 Å². The summed E-state index contributed by atoms with van der Waals surface area (Å²) in [7, 11) is -0.576. The molecule has 3 heterocycles. The van der Waals surface area contributed by atoms with E-state index in [2.05, 4.69) is 16.3 Å². The monoisotopic (exact) mass is 296 g/mol. The maximum Gasteiger partial charge on any atom is 0.122 e. The lowest BCUT2D eigenvalue weighted by atomic mass is 10.1. The van der Waals surface area contributed by atoms with Crippen molar-refractivity contribution in [3.8, 4) is 0 Å². The van der Waals surface area contributed by atoms with Gasteiger partial charge in [0.2, 0.25) is 0 Å². The molecule has 1 atom stereocenters. The SMILES string of the molecule is O=S1CCC(NCC(c2ccco2)N2CCCC2)CC1. The molecule has 0 radical (unpaired) electrons. The standard InChI is InChI=1S/C15H24N2O2S/c18-20-10-5-13(6-11-20)16-12-14(15-4-3-9-19-15)17-7-1-2-8-17/h3-4,9,13-14,16H,1-2,5-8,10-12H2. The third-order valence-corrected chi connectivity index (χ3v) is 5.82. The Bertz CT molecular complexity index is 419. The van der Waals surface area contributed by atoms with Crippen LogP contribution in [0.2, 0.25) is 0 Å². The minimum atomic E-state index is -0.576. The van der Waals surface area contributed by atoms with E-state index in [0.29, 0.717) is 12.1 Å². The van der Waals surface area contributed by atoms with Gasteiger partial charge in [-0.25, -0.2) is 0 Å². The highest BCUT2D eigenvalue weighted by Gasteiger charge is 2.26. The molecular formula is C15H24N2O2S. The third kappa shape index (κ3) is 3.51. The Labute approximate surface area is 123 Å². The molecule has 0 saturated carbocycles. The van der Waals surface area contributed by atoms with Gasteiger partial charge in [0.25, 0.3) is 0 Å². The maximum absolute atomic E-state index is 11.4. The molecule has 112 valence electrons. The van der Waals surface area contributed by atoms with Crippen molar-refractivity contribution in [1.82, 2.24) is 10.2 Å². The van der Waals surface area contributed by atoms with Gasteiger partial charge in [0.05, 0.1) is 12.3 Å². The van der Waals surface area contributed by atoms with Gasteiger partial charge in [0.1, 0.15) is 5.76 Å². The van der Waals surface area contributed by atoms with Crippen molar-refractivity contribution in [3.63, 3.8) is 0 Å². The van der Waals surface area contributed by atoms with Crippen LogP contribution in [0.15, 0.2) is 22.8 Å². The number of nitrogens with one attached hydrogen (secondary N) is 1. The van der Waals surface area contributed by atoms with E-state index in [1.54, 1.807) is 6.26 Å². The second-order valence-electron chi connectivity index (χ2n) is 5.80. The van der Waals surface area contributed by atoms with Crippen LogP contribution < -0.4 is 5.32 Å². The van der Waals surface area contributed by atoms with Gasteiger partial charge in [-0.3, -0.25) is 9.11 Å². The molecule has 2 aliphatic heterocycles. The summed E-state index contributed by atoms with van der Waals surface area (Å²) >= 11 is 0. The van der Waals surface area contributed by atoms with Gasteiger partial charge in [-0.15, -0.1) is 0 Å². The van der Waals surface area contributed by atoms with Crippen molar-refractivity contribution in [2.24, 2.45) is 0 Å². The number of likely N-dealkylation sites (tertiary alicyclic amines) is 1. The van der Waals surface area contributed by atoms with Gasteiger partial charge >= 0.3 is 0 Å². The molecule has 5 heteroatoms. The predicted octanol–water partition coefficient (Wildman–Crippen LogP) is 1.92. The van der Waals surface area contributed by atoms with Crippen LogP contribution in [0, 0.1) is 0 Å². The Morgan fingerprint density at radius 3 is 2.75 bits per heavy atom. The number of furan rings is 1. The Kier molecular flexibility index (Phi) is 4.91. The molecule has 2 fully saturated rings. The molecule has 4 nitrogen and oxygen atoms in total. The predicted molar refractivity (Wildman–Crippen MR) is 81.2 cm³/mol. The van der Waals surface area contributed by atoms with Crippen molar-refractivity contribution < 1.29 is 8.63 Å². The number of rotatable bonds is 5. The molecule has 0 aliphatic carbocycles. The number of nitrogens with zero attached hydrogens (tertiary/aromatic N) is 1. The minimum absolute atomic E-state index is 0.347. The first-order chi connectivity index (χ1) is 9.83. The van der Waals surface area contributed by atoms with E-state index in [1.165, 1.54) is 25.9 Å². The lowest BCUT2D eigenvalue weighted by Gasteiger charge is -2.29. The van der Waals surface area contributed by atoms with E-state index in [-0.39, 0.29) is 0 Å². The van der Waals surface area contributed by atoms with Gasteiger partial charge in [-0.05, 0) is 50.9 Å². The summed E-state index contributed by atoms with van der Waals surface area (Å²) in [6.07, 6.45) is 6.43. The zero-order valence-corrected chi connectivity index (χ0v) is 12.7. The third-order valence-electron chi connectivity index (χ3n) is 4.44. The second-order valence-corrected chi connectivity index (χ2v) is 7.50. The van der Waals surface area contributed by atoms with Crippen molar-refractivity contribution in [2.45, 2.75) is 37.8 Å². The highest BCUT2D eigenvalue weighted by molar-refractivity contribution is 7.85. The molecule has 0 aromatic carbocycles. The zero-order valence-electron chi connectivity index (χ0n) is 11.9. The van der Waals surface area contributed by atoms with Crippen molar-refractivity contribution in [1.29, 1.82) is 0 Å². The zero-order chi connectivity index (χ0) is 13.8. The first-order valence-corrected chi connectivity index (χ1v) is 9.17. The van der Waals surface area contributed by atoms with Crippen LogP contribution in [0.1, 0.15) is 37.5 Å². The molecule has 2 saturated heterocycles. The minimum Gasteiger partial charge on any atom is -0.468 e. The fourth-order valence-electron chi connectivity index (χ4n) is 3.22. The molecule has 0 spiro atoms. The molecule has 1 aromatic rings. The quantitative estimate of drug-likeness (QED) is 0.901. The summed E-state index contributed by atoms with van der Waals surface area (Å²) in [5.74, 6) is 2.78. The van der Waals surface area contributed by atoms with E-state index in [0.717, 1.165) is 36.7 Å². The Morgan fingerprint density at radius 2 is 2.10 bits per heavy atom. The molecule has 1 N–H and O–H groups in total. The fourth-order valence-corrected chi connectivity index (χ4v) is 4.52. The molecule has 20 heavy (non-hydrogen) atoms. The van der Waals surface area contributed by atoms with Crippen LogP contribution in [-0.2, 0) is 10.8 Å². The smallest absolute Gasteiger partial charge is 0.122 e. The first kappa shape index (κ1) is 14.3. The largest absolute Gasteiger partial charge is 0.468 e. The first-order valence-electron chi connectivity index (χ1n) is 7.69. The van der Waals surface area contributed by atoms with Crippen molar-refractivity contribution in [3.05, 3.63) is 24.2 Å². The molecule has 0 amide bonds. The van der Waals surface area contributed by atoms with Crippen LogP contribution in [0.3, 0.4) is 0 Å².